The summed E-state index contributed by atoms with van der Waals surface area (Å²) in [5.41, 5.74) is 0.472. The number of rotatable bonds is 2. The van der Waals surface area contributed by atoms with Crippen molar-refractivity contribution in [3.63, 3.8) is 0 Å². The Kier molecular flexibility index (Phi) is 3.35. The van der Waals surface area contributed by atoms with E-state index in [0.717, 1.165) is 4.48 Å². The molecule has 0 radical (unpaired) electrons. The molecule has 14 heavy (non-hydrogen) atoms. The number of aliphatic imine (C=N–C) groups is 1. The largest absolute Gasteiger partial charge is 0.493 e. The van der Waals surface area contributed by atoms with Gasteiger partial charge in [0.2, 0.25) is 5.88 Å². The predicted molar refractivity (Wildman–Crippen MR) is 60.2 cm³/mol. The molecule has 0 aliphatic carbocycles. The fraction of sp³-hybridized carbons (Fsp3) is 0.222. The van der Waals surface area contributed by atoms with Gasteiger partial charge in [0, 0.05) is 0 Å². The lowest BCUT2D eigenvalue weighted by atomic mass is 10.2. The predicted octanol–water partition coefficient (Wildman–Crippen LogP) is 2.58. The van der Waals surface area contributed by atoms with Gasteiger partial charge in [-0.25, -0.2) is 9.98 Å². The minimum atomic E-state index is -0.0845. The van der Waals surface area contributed by atoms with Crippen molar-refractivity contribution in [1.29, 1.82) is 0 Å². The second-order valence-corrected chi connectivity index (χ2v) is 3.97. The first-order chi connectivity index (χ1) is 6.54. The summed E-state index contributed by atoms with van der Waals surface area (Å²) in [7, 11) is 0. The number of hydrogen-bond donors (Lipinski definition) is 1. The molecule has 0 aromatic carbocycles. The van der Waals surface area contributed by atoms with Crippen molar-refractivity contribution in [2.75, 3.05) is 0 Å². The summed E-state index contributed by atoms with van der Waals surface area (Å²) in [6, 6.07) is 0. The summed E-state index contributed by atoms with van der Waals surface area (Å²) < 4.78 is 0.852. The van der Waals surface area contributed by atoms with Crippen molar-refractivity contribution < 1.29 is 5.11 Å². The Balaban J connectivity index is 3.40. The number of halogens is 1. The molecule has 0 saturated heterocycles. The lowest BCUT2D eigenvalue weighted by Gasteiger charge is -2.03. The fourth-order valence-corrected chi connectivity index (χ4v) is 1.23. The Morgan fingerprint density at radius 2 is 2.21 bits per heavy atom. The van der Waals surface area contributed by atoms with E-state index in [9.17, 15) is 5.11 Å². The van der Waals surface area contributed by atoms with Gasteiger partial charge in [-0.3, -0.25) is 0 Å². The second kappa shape index (κ2) is 4.32. The molecular formula is C9H10BrN3O. The van der Waals surface area contributed by atoms with E-state index in [-0.39, 0.29) is 5.88 Å². The van der Waals surface area contributed by atoms with E-state index >= 15 is 0 Å². The molecule has 1 heterocycles. The fourth-order valence-electron chi connectivity index (χ4n) is 1.00. The maximum absolute atomic E-state index is 9.55. The van der Waals surface area contributed by atoms with Crippen molar-refractivity contribution in [3.8, 4) is 5.88 Å². The van der Waals surface area contributed by atoms with Gasteiger partial charge in [-0.2, -0.15) is 4.98 Å². The molecular weight excluding hydrogens is 246 g/mol. The van der Waals surface area contributed by atoms with Crippen molar-refractivity contribution in [3.05, 3.63) is 15.9 Å². The minimum absolute atomic E-state index is 0.0845. The summed E-state index contributed by atoms with van der Waals surface area (Å²) in [6.45, 7) is 6.91. The van der Waals surface area contributed by atoms with Crippen molar-refractivity contribution in [2.45, 2.75) is 13.8 Å². The molecule has 0 unspecified atom stereocenters. The number of aromatic nitrogens is 2. The summed E-state index contributed by atoms with van der Waals surface area (Å²) in [6.07, 6.45) is 1.69. The molecule has 0 aliphatic heterocycles. The topological polar surface area (TPSA) is 58.4 Å². The standard InChI is InChI=1S/C9H10BrN3O/c1-5(10)4-7-8(11-3)12-6(2)13-9(7)14/h4H,3H2,1-2H3,(H,12,13,14)/b5-4+. The Morgan fingerprint density at radius 1 is 1.57 bits per heavy atom. The second-order valence-electron chi connectivity index (χ2n) is 2.72. The van der Waals surface area contributed by atoms with Crippen molar-refractivity contribution >= 4 is 34.5 Å². The maximum atomic E-state index is 9.55. The van der Waals surface area contributed by atoms with E-state index in [4.69, 9.17) is 0 Å². The Labute approximate surface area is 90.6 Å². The molecule has 1 aromatic rings. The molecule has 0 amide bonds. The van der Waals surface area contributed by atoms with Crippen LogP contribution in [0.25, 0.3) is 6.08 Å². The first-order valence-electron chi connectivity index (χ1n) is 3.92. The van der Waals surface area contributed by atoms with Gasteiger partial charge in [-0.15, -0.1) is 0 Å². The summed E-state index contributed by atoms with van der Waals surface area (Å²) in [4.78, 5) is 11.6. The van der Waals surface area contributed by atoms with Crippen LogP contribution in [0.15, 0.2) is 9.47 Å². The minimum Gasteiger partial charge on any atom is -0.493 e. The van der Waals surface area contributed by atoms with Gasteiger partial charge in [-0.1, -0.05) is 15.9 Å². The smallest absolute Gasteiger partial charge is 0.223 e. The zero-order valence-corrected chi connectivity index (χ0v) is 9.54. The normalized spacial score (nSPS) is 11.5. The molecule has 0 saturated carbocycles. The summed E-state index contributed by atoms with van der Waals surface area (Å²) in [5.74, 6) is 0.766. The van der Waals surface area contributed by atoms with E-state index in [2.05, 4.69) is 37.6 Å². The van der Waals surface area contributed by atoms with Gasteiger partial charge in [0.1, 0.15) is 5.82 Å². The van der Waals surface area contributed by atoms with Crippen LogP contribution < -0.4 is 0 Å². The Morgan fingerprint density at radius 3 is 2.71 bits per heavy atom. The third-order valence-corrected chi connectivity index (χ3v) is 1.74. The van der Waals surface area contributed by atoms with Crippen LogP contribution in [0, 0.1) is 6.92 Å². The number of allylic oxidation sites excluding steroid dienone is 1. The van der Waals surface area contributed by atoms with Crippen LogP contribution in [-0.4, -0.2) is 21.8 Å². The van der Waals surface area contributed by atoms with Crippen LogP contribution in [0.3, 0.4) is 0 Å². The van der Waals surface area contributed by atoms with E-state index in [1.54, 1.807) is 13.0 Å². The van der Waals surface area contributed by atoms with Crippen LogP contribution in [0.5, 0.6) is 5.88 Å². The molecule has 0 spiro atoms. The van der Waals surface area contributed by atoms with Crippen LogP contribution in [0.1, 0.15) is 18.3 Å². The van der Waals surface area contributed by atoms with Crippen LogP contribution in [-0.2, 0) is 0 Å². The molecule has 0 aliphatic rings. The molecule has 1 rings (SSSR count). The van der Waals surface area contributed by atoms with Gasteiger partial charge >= 0.3 is 0 Å². The molecule has 0 bridgehead atoms. The lowest BCUT2D eigenvalue weighted by Crippen LogP contribution is -1.91. The zero-order chi connectivity index (χ0) is 10.7. The SMILES string of the molecule is C=Nc1nc(C)nc(O)c1/C=C(\C)Br. The maximum Gasteiger partial charge on any atom is 0.223 e. The summed E-state index contributed by atoms with van der Waals surface area (Å²) in [5, 5.41) is 9.55. The van der Waals surface area contributed by atoms with Crippen molar-refractivity contribution in [2.24, 2.45) is 4.99 Å². The highest BCUT2D eigenvalue weighted by Gasteiger charge is 2.08. The third kappa shape index (κ3) is 2.38. The average molecular weight is 256 g/mol. The Hall–Kier alpha value is -1.23. The van der Waals surface area contributed by atoms with E-state index in [0.29, 0.717) is 17.2 Å². The lowest BCUT2D eigenvalue weighted by molar-refractivity contribution is 0.449. The van der Waals surface area contributed by atoms with Gasteiger partial charge < -0.3 is 5.11 Å². The molecule has 74 valence electrons. The third-order valence-electron chi connectivity index (χ3n) is 1.51. The highest BCUT2D eigenvalue weighted by Crippen LogP contribution is 2.27. The van der Waals surface area contributed by atoms with E-state index in [1.807, 2.05) is 6.92 Å². The number of aromatic hydroxyl groups is 1. The van der Waals surface area contributed by atoms with Crippen LogP contribution in [0.4, 0.5) is 5.82 Å². The quantitative estimate of drug-likeness (QED) is 0.827. The molecule has 1 aromatic heterocycles. The van der Waals surface area contributed by atoms with Gasteiger partial charge in [0.15, 0.2) is 5.82 Å². The molecule has 0 atom stereocenters. The molecule has 5 heteroatoms. The first kappa shape index (κ1) is 10.8. The van der Waals surface area contributed by atoms with Crippen LogP contribution >= 0.6 is 15.9 Å². The van der Waals surface area contributed by atoms with E-state index in [1.165, 1.54) is 0 Å². The number of hydrogen-bond acceptors (Lipinski definition) is 4. The molecule has 0 fully saturated rings. The average Bonchev–Trinajstić information content (AvgIpc) is 2.08. The Bertz CT molecular complexity index is 397. The van der Waals surface area contributed by atoms with Gasteiger partial charge in [0.05, 0.1) is 5.56 Å². The number of nitrogens with zero attached hydrogens (tertiary/aromatic N) is 3. The van der Waals surface area contributed by atoms with E-state index < -0.39 is 0 Å². The van der Waals surface area contributed by atoms with Crippen molar-refractivity contribution in [1.82, 2.24) is 9.97 Å². The monoisotopic (exact) mass is 255 g/mol. The molecule has 4 nitrogen and oxygen atoms in total. The highest BCUT2D eigenvalue weighted by molar-refractivity contribution is 9.11. The molecule has 1 N–H and O–H groups in total. The number of aryl methyl sites for hydroxylation is 1. The van der Waals surface area contributed by atoms with Gasteiger partial charge in [0.25, 0.3) is 0 Å². The van der Waals surface area contributed by atoms with Crippen LogP contribution in [0.2, 0.25) is 0 Å². The highest BCUT2D eigenvalue weighted by atomic mass is 79.9. The first-order valence-corrected chi connectivity index (χ1v) is 4.72. The van der Waals surface area contributed by atoms with Gasteiger partial charge in [-0.05, 0) is 31.1 Å². The summed E-state index contributed by atoms with van der Waals surface area (Å²) >= 11 is 3.26. The zero-order valence-electron chi connectivity index (χ0n) is 7.95.